The fourth-order valence-corrected chi connectivity index (χ4v) is 2.00. The predicted octanol–water partition coefficient (Wildman–Crippen LogP) is 2.59. The molecule has 1 aromatic heterocycles. The second kappa shape index (κ2) is 6.53. The summed E-state index contributed by atoms with van der Waals surface area (Å²) in [5.41, 5.74) is 0.919. The van der Waals surface area contributed by atoms with Gasteiger partial charge in [-0.2, -0.15) is 5.26 Å². The van der Waals surface area contributed by atoms with E-state index in [4.69, 9.17) is 9.47 Å². The average molecular weight is 282 g/mol. The van der Waals surface area contributed by atoms with Gasteiger partial charge >= 0.3 is 0 Å². The van der Waals surface area contributed by atoms with Gasteiger partial charge in [-0.05, 0) is 35.9 Å². The van der Waals surface area contributed by atoms with Gasteiger partial charge in [-0.15, -0.1) is 0 Å². The third-order valence-corrected chi connectivity index (χ3v) is 3.10. The molecule has 0 bridgehead atoms. The number of carbonyl (C=O) groups is 1. The molecule has 2 rings (SSSR count). The molecule has 0 aliphatic carbocycles. The van der Waals surface area contributed by atoms with Crippen molar-refractivity contribution in [3.05, 3.63) is 53.9 Å². The first kappa shape index (κ1) is 14.5. The van der Waals surface area contributed by atoms with Crippen molar-refractivity contribution in [2.75, 3.05) is 14.2 Å². The first-order valence-corrected chi connectivity index (χ1v) is 6.27. The molecular formula is C16H14N2O3. The minimum Gasteiger partial charge on any atom is -0.497 e. The standard InChI is InChI=1S/C16H14N2O3/c1-20-12-3-4-15(21-2)13(9-12)16(19)14(10-17)11-5-7-18-8-6-11/h3-9,14H,1-2H3. The molecule has 0 fully saturated rings. The van der Waals surface area contributed by atoms with Gasteiger partial charge in [0.1, 0.15) is 17.4 Å². The number of methoxy groups -OCH3 is 2. The summed E-state index contributed by atoms with van der Waals surface area (Å²) in [4.78, 5) is 16.5. The van der Waals surface area contributed by atoms with Gasteiger partial charge < -0.3 is 9.47 Å². The Bertz CT molecular complexity index is 678. The average Bonchev–Trinajstić information content (AvgIpc) is 2.55. The number of ether oxygens (including phenoxy) is 2. The van der Waals surface area contributed by atoms with Crippen molar-refractivity contribution >= 4 is 5.78 Å². The second-order valence-corrected chi connectivity index (χ2v) is 4.27. The summed E-state index contributed by atoms with van der Waals surface area (Å²) in [5.74, 6) is -0.297. The van der Waals surface area contributed by atoms with E-state index in [0.29, 0.717) is 22.6 Å². The maximum Gasteiger partial charge on any atom is 0.188 e. The number of nitriles is 1. The highest BCUT2D eigenvalue weighted by atomic mass is 16.5. The molecule has 1 heterocycles. The number of benzene rings is 1. The highest BCUT2D eigenvalue weighted by Gasteiger charge is 2.25. The van der Waals surface area contributed by atoms with Crippen LogP contribution in [-0.4, -0.2) is 25.0 Å². The quantitative estimate of drug-likeness (QED) is 0.788. The van der Waals surface area contributed by atoms with E-state index in [-0.39, 0.29) is 5.78 Å². The molecule has 1 aromatic carbocycles. The highest BCUT2D eigenvalue weighted by Crippen LogP contribution is 2.29. The topological polar surface area (TPSA) is 72.2 Å². The fourth-order valence-electron chi connectivity index (χ4n) is 2.00. The van der Waals surface area contributed by atoms with Gasteiger partial charge in [0, 0.05) is 12.4 Å². The molecule has 0 aliphatic heterocycles. The minimum absolute atomic E-state index is 0.320. The van der Waals surface area contributed by atoms with Gasteiger partial charge in [0.05, 0.1) is 25.9 Å². The maximum atomic E-state index is 12.6. The monoisotopic (exact) mass is 282 g/mol. The summed E-state index contributed by atoms with van der Waals surface area (Å²) in [6, 6.07) is 10.3. The van der Waals surface area contributed by atoms with Crippen molar-refractivity contribution in [2.45, 2.75) is 5.92 Å². The number of hydrogen-bond acceptors (Lipinski definition) is 5. The van der Waals surface area contributed by atoms with Crippen LogP contribution in [0.1, 0.15) is 21.8 Å². The van der Waals surface area contributed by atoms with Gasteiger partial charge in [-0.1, -0.05) is 0 Å². The summed E-state index contributed by atoms with van der Waals surface area (Å²) in [6.45, 7) is 0. The number of rotatable bonds is 5. The van der Waals surface area contributed by atoms with Crippen molar-refractivity contribution < 1.29 is 14.3 Å². The van der Waals surface area contributed by atoms with Gasteiger partial charge in [0.2, 0.25) is 0 Å². The molecule has 1 unspecified atom stereocenters. The zero-order valence-corrected chi connectivity index (χ0v) is 11.7. The smallest absolute Gasteiger partial charge is 0.188 e. The van der Waals surface area contributed by atoms with Crippen LogP contribution in [0, 0.1) is 11.3 Å². The number of pyridine rings is 1. The first-order valence-electron chi connectivity index (χ1n) is 6.27. The molecule has 0 radical (unpaired) electrons. The Kier molecular flexibility index (Phi) is 4.52. The lowest BCUT2D eigenvalue weighted by molar-refractivity contribution is 0.0975. The Balaban J connectivity index is 2.45. The predicted molar refractivity (Wildman–Crippen MR) is 76.5 cm³/mol. The van der Waals surface area contributed by atoms with E-state index in [1.54, 1.807) is 42.7 Å². The van der Waals surface area contributed by atoms with Crippen LogP contribution in [0.4, 0.5) is 0 Å². The van der Waals surface area contributed by atoms with Crippen molar-refractivity contribution in [2.24, 2.45) is 0 Å². The summed E-state index contributed by atoms with van der Waals surface area (Å²) in [7, 11) is 2.99. The largest absolute Gasteiger partial charge is 0.497 e. The van der Waals surface area contributed by atoms with E-state index in [0.717, 1.165) is 0 Å². The number of nitrogens with zero attached hydrogens (tertiary/aromatic N) is 2. The Morgan fingerprint density at radius 3 is 2.48 bits per heavy atom. The molecule has 0 N–H and O–H groups in total. The van der Waals surface area contributed by atoms with E-state index in [2.05, 4.69) is 4.98 Å². The third kappa shape index (κ3) is 3.00. The Morgan fingerprint density at radius 2 is 1.90 bits per heavy atom. The zero-order valence-electron chi connectivity index (χ0n) is 11.7. The Labute approximate surface area is 122 Å². The molecule has 0 saturated carbocycles. The normalized spacial score (nSPS) is 11.3. The summed E-state index contributed by atoms with van der Waals surface area (Å²) in [6.07, 6.45) is 3.10. The van der Waals surface area contributed by atoms with Crippen molar-refractivity contribution in [3.63, 3.8) is 0 Å². The van der Waals surface area contributed by atoms with E-state index in [1.807, 2.05) is 6.07 Å². The molecule has 0 saturated heterocycles. The molecule has 21 heavy (non-hydrogen) atoms. The molecular weight excluding hydrogens is 268 g/mol. The molecule has 106 valence electrons. The molecule has 5 nitrogen and oxygen atoms in total. The number of ketones is 1. The molecule has 5 heteroatoms. The lowest BCUT2D eigenvalue weighted by Crippen LogP contribution is -2.12. The van der Waals surface area contributed by atoms with Crippen molar-refractivity contribution in [1.29, 1.82) is 5.26 Å². The number of carbonyl (C=O) groups excluding carboxylic acids is 1. The van der Waals surface area contributed by atoms with E-state index >= 15 is 0 Å². The number of aromatic nitrogens is 1. The van der Waals surface area contributed by atoms with E-state index in [1.165, 1.54) is 14.2 Å². The Morgan fingerprint density at radius 1 is 1.19 bits per heavy atom. The number of Topliss-reactive ketones (excluding diaryl/α,β-unsaturated/α-hetero) is 1. The molecule has 0 aliphatic rings. The Hall–Kier alpha value is -2.87. The zero-order chi connectivity index (χ0) is 15.2. The van der Waals surface area contributed by atoms with Crippen molar-refractivity contribution in [1.82, 2.24) is 4.98 Å². The van der Waals surface area contributed by atoms with Crippen LogP contribution in [0.5, 0.6) is 11.5 Å². The van der Waals surface area contributed by atoms with Crippen LogP contribution in [0.3, 0.4) is 0 Å². The van der Waals surface area contributed by atoms with Crippen LogP contribution in [0.25, 0.3) is 0 Å². The van der Waals surface area contributed by atoms with Crippen LogP contribution in [0.15, 0.2) is 42.7 Å². The van der Waals surface area contributed by atoms with Gasteiger partial charge in [-0.25, -0.2) is 0 Å². The highest BCUT2D eigenvalue weighted by molar-refractivity contribution is 6.05. The maximum absolute atomic E-state index is 12.6. The van der Waals surface area contributed by atoms with Gasteiger partial charge in [-0.3, -0.25) is 9.78 Å². The van der Waals surface area contributed by atoms with E-state index < -0.39 is 5.92 Å². The van der Waals surface area contributed by atoms with Gasteiger partial charge in [0.25, 0.3) is 0 Å². The summed E-state index contributed by atoms with van der Waals surface area (Å²) >= 11 is 0. The first-order chi connectivity index (χ1) is 10.2. The second-order valence-electron chi connectivity index (χ2n) is 4.27. The van der Waals surface area contributed by atoms with Crippen molar-refractivity contribution in [3.8, 4) is 17.6 Å². The fraction of sp³-hybridized carbons (Fsp3) is 0.188. The van der Waals surface area contributed by atoms with Gasteiger partial charge in [0.15, 0.2) is 5.78 Å². The van der Waals surface area contributed by atoms with Crippen LogP contribution < -0.4 is 9.47 Å². The lowest BCUT2D eigenvalue weighted by atomic mass is 9.92. The number of hydrogen-bond donors (Lipinski definition) is 0. The molecule has 0 spiro atoms. The molecule has 2 aromatic rings. The summed E-state index contributed by atoms with van der Waals surface area (Å²) in [5, 5.41) is 9.34. The van der Waals surface area contributed by atoms with Crippen LogP contribution in [-0.2, 0) is 0 Å². The van der Waals surface area contributed by atoms with Crippen LogP contribution in [0.2, 0.25) is 0 Å². The lowest BCUT2D eigenvalue weighted by Gasteiger charge is -2.13. The third-order valence-electron chi connectivity index (χ3n) is 3.10. The SMILES string of the molecule is COc1ccc(OC)c(C(=O)C(C#N)c2ccncc2)c1. The summed E-state index contributed by atoms with van der Waals surface area (Å²) < 4.78 is 10.3. The molecule has 1 atom stereocenters. The minimum atomic E-state index is -0.908. The van der Waals surface area contributed by atoms with E-state index in [9.17, 15) is 10.1 Å². The molecule has 0 amide bonds. The van der Waals surface area contributed by atoms with Crippen LogP contribution >= 0.6 is 0 Å².